The second-order valence-electron chi connectivity index (χ2n) is 8.61. The van der Waals surface area contributed by atoms with E-state index < -0.39 is 21.7 Å². The Bertz CT molecular complexity index is 1560. The highest BCUT2D eigenvalue weighted by molar-refractivity contribution is 7.89. The van der Waals surface area contributed by atoms with Crippen molar-refractivity contribution < 1.29 is 21.6 Å². The number of para-hydroxylation sites is 1. The lowest BCUT2D eigenvalue weighted by Crippen LogP contribution is -2.34. The predicted octanol–water partition coefficient (Wildman–Crippen LogP) is 5.89. The first-order chi connectivity index (χ1) is 16.8. The fourth-order valence-corrected chi connectivity index (χ4v) is 6.09. The third kappa shape index (κ3) is 4.28. The Kier molecular flexibility index (Phi) is 6.02. The Morgan fingerprint density at radius 3 is 2.34 bits per heavy atom. The Morgan fingerprint density at radius 2 is 1.66 bits per heavy atom. The van der Waals surface area contributed by atoms with Crippen molar-refractivity contribution in [3.05, 3.63) is 107 Å². The summed E-state index contributed by atoms with van der Waals surface area (Å²) in [5.74, 6) is -2.56. The maximum Gasteiger partial charge on any atom is 0.243 e. The van der Waals surface area contributed by atoms with Crippen LogP contribution in [0.1, 0.15) is 23.2 Å². The summed E-state index contributed by atoms with van der Waals surface area (Å²) >= 11 is 0. The smallest absolute Gasteiger partial charge is 0.243 e. The molecule has 4 nitrogen and oxygen atoms in total. The van der Waals surface area contributed by atoms with Crippen LogP contribution >= 0.6 is 0 Å². The number of hydrogen-bond acceptors (Lipinski definition) is 2. The summed E-state index contributed by atoms with van der Waals surface area (Å²) in [4.78, 5) is -0.264. The van der Waals surface area contributed by atoms with E-state index >= 15 is 0 Å². The quantitative estimate of drug-likeness (QED) is 0.346. The van der Waals surface area contributed by atoms with Gasteiger partial charge in [0.15, 0.2) is 11.6 Å². The molecule has 8 heteroatoms. The zero-order valence-electron chi connectivity index (χ0n) is 19.0. The van der Waals surface area contributed by atoms with Crippen molar-refractivity contribution in [3.8, 4) is 0 Å². The molecule has 0 bridgehead atoms. The predicted molar refractivity (Wildman–Crippen MR) is 130 cm³/mol. The van der Waals surface area contributed by atoms with E-state index in [-0.39, 0.29) is 23.8 Å². The number of rotatable bonds is 5. The van der Waals surface area contributed by atoms with Crippen LogP contribution in [0.2, 0.25) is 0 Å². The zero-order chi connectivity index (χ0) is 24.7. The lowest BCUT2D eigenvalue weighted by atomic mass is 9.97. The minimum Gasteiger partial charge on any atom is -0.340 e. The Morgan fingerprint density at radius 1 is 0.914 bits per heavy atom. The molecule has 5 rings (SSSR count). The summed E-state index contributed by atoms with van der Waals surface area (Å²) in [5, 5.41) is 1.07. The Labute approximate surface area is 202 Å². The van der Waals surface area contributed by atoms with Crippen LogP contribution in [0.25, 0.3) is 16.5 Å². The van der Waals surface area contributed by atoms with Crippen molar-refractivity contribution in [1.82, 2.24) is 8.87 Å². The summed E-state index contributed by atoms with van der Waals surface area (Å²) in [5.41, 5.74) is 5.16. The van der Waals surface area contributed by atoms with E-state index in [2.05, 4.69) is 4.57 Å². The summed E-state index contributed by atoms with van der Waals surface area (Å²) in [6, 6.07) is 17.1. The van der Waals surface area contributed by atoms with Gasteiger partial charge in [-0.15, -0.1) is 0 Å². The van der Waals surface area contributed by atoms with Crippen LogP contribution in [0.4, 0.5) is 13.2 Å². The lowest BCUT2D eigenvalue weighted by Gasteiger charge is -2.26. The van der Waals surface area contributed by atoms with E-state index in [4.69, 9.17) is 0 Å². The van der Waals surface area contributed by atoms with Gasteiger partial charge in [0, 0.05) is 41.8 Å². The van der Waals surface area contributed by atoms with Gasteiger partial charge in [-0.05, 0) is 60.9 Å². The first-order valence-corrected chi connectivity index (χ1v) is 12.7. The van der Waals surface area contributed by atoms with Crippen LogP contribution in [-0.2, 0) is 16.6 Å². The van der Waals surface area contributed by atoms with E-state index in [1.165, 1.54) is 16.4 Å². The van der Waals surface area contributed by atoms with Crippen molar-refractivity contribution in [1.29, 1.82) is 0 Å². The molecule has 1 aromatic heterocycles. The largest absolute Gasteiger partial charge is 0.340 e. The molecular weight excluding hydrogens is 473 g/mol. The first-order valence-electron chi connectivity index (χ1n) is 11.2. The van der Waals surface area contributed by atoms with Crippen LogP contribution in [0.15, 0.2) is 77.7 Å². The molecule has 0 unspecified atom stereocenters. The second kappa shape index (κ2) is 9.02. The van der Waals surface area contributed by atoms with Crippen molar-refractivity contribution in [3.63, 3.8) is 0 Å². The molecule has 0 spiro atoms. The van der Waals surface area contributed by atoms with E-state index in [0.717, 1.165) is 51.5 Å². The third-order valence-corrected chi connectivity index (χ3v) is 8.37. The average molecular weight is 497 g/mol. The molecule has 1 aliphatic heterocycles. The molecule has 0 N–H and O–H groups in total. The number of sulfonamides is 1. The number of nitrogens with zero attached hydrogens (tertiary/aromatic N) is 2. The van der Waals surface area contributed by atoms with Crippen molar-refractivity contribution in [2.24, 2.45) is 0 Å². The average Bonchev–Trinajstić information content (AvgIpc) is 3.13. The summed E-state index contributed by atoms with van der Waals surface area (Å²) in [7, 11) is -3.95. The van der Waals surface area contributed by atoms with Gasteiger partial charge < -0.3 is 4.57 Å². The number of hydrogen-bond donors (Lipinski definition) is 0. The van der Waals surface area contributed by atoms with Gasteiger partial charge in [-0.2, -0.15) is 4.31 Å². The molecule has 1 aliphatic rings. The van der Waals surface area contributed by atoms with E-state index in [1.807, 2.05) is 37.3 Å². The Balaban J connectivity index is 1.48. The molecule has 0 saturated carbocycles. The molecular formula is C27H23F3N2O2S. The van der Waals surface area contributed by atoms with Gasteiger partial charge >= 0.3 is 0 Å². The van der Waals surface area contributed by atoms with Crippen molar-refractivity contribution >= 4 is 26.5 Å². The highest BCUT2D eigenvalue weighted by Gasteiger charge is 2.28. The highest BCUT2D eigenvalue weighted by atomic mass is 32.2. The number of halogens is 3. The fraction of sp³-hybridized carbons (Fsp3) is 0.185. The van der Waals surface area contributed by atoms with Gasteiger partial charge in [0.25, 0.3) is 0 Å². The monoisotopic (exact) mass is 496 g/mol. The highest BCUT2D eigenvalue weighted by Crippen LogP contribution is 2.36. The van der Waals surface area contributed by atoms with Gasteiger partial charge in [0.1, 0.15) is 5.82 Å². The molecule has 0 saturated heterocycles. The van der Waals surface area contributed by atoms with E-state index in [0.29, 0.717) is 13.0 Å². The minimum atomic E-state index is -3.95. The van der Waals surface area contributed by atoms with Crippen molar-refractivity contribution in [2.75, 3.05) is 13.1 Å². The van der Waals surface area contributed by atoms with Gasteiger partial charge in [0.05, 0.1) is 4.90 Å². The Hall–Kier alpha value is -3.36. The van der Waals surface area contributed by atoms with Gasteiger partial charge in [0.2, 0.25) is 10.0 Å². The normalized spacial score (nSPS) is 14.9. The first kappa shape index (κ1) is 23.4. The number of fused-ring (bicyclic) bond motifs is 1. The molecule has 2 heterocycles. The number of aromatic nitrogens is 1. The number of benzene rings is 3. The summed E-state index contributed by atoms with van der Waals surface area (Å²) in [6.07, 6.45) is 2.37. The zero-order valence-corrected chi connectivity index (χ0v) is 19.8. The topological polar surface area (TPSA) is 42.3 Å². The second-order valence-corrected chi connectivity index (χ2v) is 10.5. The van der Waals surface area contributed by atoms with E-state index in [9.17, 15) is 21.6 Å². The molecule has 35 heavy (non-hydrogen) atoms. The van der Waals surface area contributed by atoms with Crippen LogP contribution in [0.3, 0.4) is 0 Å². The maximum absolute atomic E-state index is 13.6. The lowest BCUT2D eigenvalue weighted by molar-refractivity contribution is 0.439. The standard InChI is InChI=1S/C27H23F3N2O2S/c1-18-27(23-4-2-3-5-26(23)32(18)17-19-6-8-21(28)9-7-19)20-12-14-31(15-13-20)35(33,34)22-10-11-24(29)25(30)16-22/h2-12,16H,13-15,17H2,1H3. The van der Waals surface area contributed by atoms with Crippen molar-refractivity contribution in [2.45, 2.75) is 24.8 Å². The molecule has 0 aliphatic carbocycles. The summed E-state index contributed by atoms with van der Waals surface area (Å²) in [6.45, 7) is 2.97. The summed E-state index contributed by atoms with van der Waals surface area (Å²) < 4.78 is 69.7. The molecule has 0 fully saturated rings. The third-order valence-electron chi connectivity index (χ3n) is 6.51. The molecule has 180 valence electrons. The molecule has 0 radical (unpaired) electrons. The fourth-order valence-electron chi connectivity index (χ4n) is 4.69. The van der Waals surface area contributed by atoms with Gasteiger partial charge in [-0.3, -0.25) is 0 Å². The van der Waals surface area contributed by atoms with Crippen LogP contribution in [-0.4, -0.2) is 30.4 Å². The van der Waals surface area contributed by atoms with Crippen LogP contribution in [0.5, 0.6) is 0 Å². The molecule has 3 aromatic carbocycles. The van der Waals surface area contributed by atoms with Gasteiger partial charge in [-0.25, -0.2) is 21.6 Å². The van der Waals surface area contributed by atoms with E-state index in [1.54, 1.807) is 12.1 Å². The molecule has 0 amide bonds. The molecule has 4 aromatic rings. The minimum absolute atomic E-state index is 0.133. The SMILES string of the molecule is Cc1c(C2=CCN(S(=O)(=O)c3ccc(F)c(F)c3)CC2)c2ccccc2n1Cc1ccc(F)cc1. The van der Waals surface area contributed by atoms with Crippen LogP contribution in [0, 0.1) is 24.4 Å². The molecule has 0 atom stereocenters. The van der Waals surface area contributed by atoms with Crippen LogP contribution < -0.4 is 0 Å². The maximum atomic E-state index is 13.6. The van der Waals surface area contributed by atoms with Gasteiger partial charge in [-0.1, -0.05) is 36.4 Å².